The fraction of sp³-hybridized carbons (Fsp3) is 0.556. The zero-order valence-corrected chi connectivity index (χ0v) is 14.2. The van der Waals surface area contributed by atoms with Crippen LogP contribution < -0.4 is 0 Å². The van der Waals surface area contributed by atoms with Gasteiger partial charge in [-0.25, -0.2) is 13.6 Å². The van der Waals surface area contributed by atoms with Crippen molar-refractivity contribution < 1.29 is 18.3 Å². The van der Waals surface area contributed by atoms with Crippen molar-refractivity contribution in [2.24, 2.45) is 5.41 Å². The van der Waals surface area contributed by atoms with Crippen molar-refractivity contribution in [2.75, 3.05) is 13.1 Å². The molecule has 130 valence electrons. The summed E-state index contributed by atoms with van der Waals surface area (Å²) >= 11 is 0. The Labute approximate surface area is 141 Å². The number of carbonyl (C=O) groups is 1. The van der Waals surface area contributed by atoms with Gasteiger partial charge in [-0.2, -0.15) is 5.26 Å². The molecule has 1 aliphatic rings. The minimum Gasteiger partial charge on any atom is -0.444 e. The molecule has 0 radical (unpaired) electrons. The zero-order valence-electron chi connectivity index (χ0n) is 14.2. The maximum Gasteiger partial charge on any atom is 0.410 e. The Morgan fingerprint density at radius 3 is 2.29 bits per heavy atom. The van der Waals surface area contributed by atoms with Crippen molar-refractivity contribution in [3.63, 3.8) is 0 Å². The van der Waals surface area contributed by atoms with Crippen LogP contribution in [0.2, 0.25) is 0 Å². The quantitative estimate of drug-likeness (QED) is 0.805. The molecule has 1 amide bonds. The molecule has 1 heterocycles. The highest BCUT2D eigenvalue weighted by molar-refractivity contribution is 5.68. The van der Waals surface area contributed by atoms with Crippen LogP contribution in [0.1, 0.15) is 45.3 Å². The third-order valence-electron chi connectivity index (χ3n) is 4.18. The number of alkyl halides is 1. The number of rotatable bonds is 2. The van der Waals surface area contributed by atoms with Crippen LogP contribution in [0, 0.1) is 22.6 Å². The highest BCUT2D eigenvalue weighted by Crippen LogP contribution is 2.45. The standard InChI is InChI=1S/C18H22F2N2O2/c1-17(2,3)24-16(23)22-10-8-18(12-21,9-11-22)15(20)13-4-6-14(19)7-5-13/h4-7,15H,8-11H2,1-3H3. The van der Waals surface area contributed by atoms with Gasteiger partial charge in [-0.05, 0) is 51.3 Å². The highest BCUT2D eigenvalue weighted by Gasteiger charge is 2.44. The van der Waals surface area contributed by atoms with Gasteiger partial charge in [-0.3, -0.25) is 0 Å². The highest BCUT2D eigenvalue weighted by atomic mass is 19.1. The predicted octanol–water partition coefficient (Wildman–Crippen LogP) is 4.38. The summed E-state index contributed by atoms with van der Waals surface area (Å²) in [6.45, 7) is 5.84. The summed E-state index contributed by atoms with van der Waals surface area (Å²) in [5, 5.41) is 9.54. The molecule has 4 nitrogen and oxygen atoms in total. The first kappa shape index (κ1) is 18.2. The fourth-order valence-electron chi connectivity index (χ4n) is 2.79. The molecule has 0 aliphatic carbocycles. The maximum atomic E-state index is 14.9. The number of hydrogen-bond donors (Lipinski definition) is 0. The second-order valence-corrected chi connectivity index (χ2v) is 7.15. The Morgan fingerprint density at radius 2 is 1.83 bits per heavy atom. The van der Waals surface area contributed by atoms with E-state index in [4.69, 9.17) is 4.74 Å². The Bertz CT molecular complexity index is 624. The molecule has 1 atom stereocenters. The molecule has 0 saturated carbocycles. The van der Waals surface area contributed by atoms with E-state index in [0.29, 0.717) is 0 Å². The number of nitriles is 1. The molecule has 1 aromatic carbocycles. The lowest BCUT2D eigenvalue weighted by Crippen LogP contribution is -2.46. The van der Waals surface area contributed by atoms with E-state index in [1.165, 1.54) is 29.2 Å². The fourth-order valence-corrected chi connectivity index (χ4v) is 2.79. The van der Waals surface area contributed by atoms with E-state index in [-0.39, 0.29) is 31.5 Å². The molecule has 1 fully saturated rings. The van der Waals surface area contributed by atoms with E-state index in [1.807, 2.05) is 0 Å². The van der Waals surface area contributed by atoms with E-state index in [9.17, 15) is 18.8 Å². The number of piperidine rings is 1. The van der Waals surface area contributed by atoms with Gasteiger partial charge in [0, 0.05) is 13.1 Å². The van der Waals surface area contributed by atoms with Crippen molar-refractivity contribution in [1.82, 2.24) is 4.90 Å². The van der Waals surface area contributed by atoms with Crippen LogP contribution in [0.5, 0.6) is 0 Å². The number of benzene rings is 1. The van der Waals surface area contributed by atoms with Gasteiger partial charge in [0.2, 0.25) is 0 Å². The van der Waals surface area contributed by atoms with Gasteiger partial charge in [-0.15, -0.1) is 0 Å². The van der Waals surface area contributed by atoms with Gasteiger partial charge in [0.1, 0.15) is 17.6 Å². The van der Waals surface area contributed by atoms with Crippen LogP contribution in [-0.2, 0) is 4.74 Å². The Hall–Kier alpha value is -2.16. The summed E-state index contributed by atoms with van der Waals surface area (Å²) in [6, 6.07) is 7.18. The Morgan fingerprint density at radius 1 is 1.29 bits per heavy atom. The first-order chi connectivity index (χ1) is 11.2. The second kappa shape index (κ2) is 6.76. The number of halogens is 2. The first-order valence-corrected chi connectivity index (χ1v) is 7.96. The summed E-state index contributed by atoms with van der Waals surface area (Å²) in [4.78, 5) is 13.6. The Kier molecular flexibility index (Phi) is 5.12. The monoisotopic (exact) mass is 336 g/mol. The lowest BCUT2D eigenvalue weighted by atomic mass is 9.73. The van der Waals surface area contributed by atoms with Crippen LogP contribution in [-0.4, -0.2) is 29.7 Å². The van der Waals surface area contributed by atoms with E-state index in [1.54, 1.807) is 20.8 Å². The molecule has 0 N–H and O–H groups in total. The summed E-state index contributed by atoms with van der Waals surface area (Å²) in [5.41, 5.74) is -1.53. The van der Waals surface area contributed by atoms with E-state index in [0.717, 1.165) is 0 Å². The van der Waals surface area contributed by atoms with Crippen molar-refractivity contribution in [2.45, 2.75) is 45.4 Å². The Balaban J connectivity index is 2.07. The topological polar surface area (TPSA) is 53.3 Å². The van der Waals surface area contributed by atoms with Gasteiger partial charge in [0.25, 0.3) is 0 Å². The molecule has 2 rings (SSSR count). The summed E-state index contributed by atoms with van der Waals surface area (Å²) in [5.74, 6) is -0.447. The van der Waals surface area contributed by atoms with Gasteiger partial charge in [0.15, 0.2) is 0 Å². The lowest BCUT2D eigenvalue weighted by molar-refractivity contribution is 0.00601. The van der Waals surface area contributed by atoms with Crippen LogP contribution in [0.15, 0.2) is 24.3 Å². The minimum atomic E-state index is -1.52. The largest absolute Gasteiger partial charge is 0.444 e. The molecule has 0 spiro atoms. The zero-order chi connectivity index (χ0) is 18.0. The van der Waals surface area contributed by atoms with Gasteiger partial charge in [0.05, 0.1) is 11.5 Å². The number of nitrogens with zero attached hydrogens (tertiary/aromatic N) is 2. The molecule has 1 saturated heterocycles. The lowest BCUT2D eigenvalue weighted by Gasteiger charge is -2.39. The average molecular weight is 336 g/mol. The van der Waals surface area contributed by atoms with Gasteiger partial charge >= 0.3 is 6.09 Å². The number of carbonyl (C=O) groups excluding carboxylic acids is 1. The summed E-state index contributed by atoms with van der Waals surface area (Å²) in [7, 11) is 0. The second-order valence-electron chi connectivity index (χ2n) is 7.15. The van der Waals surface area contributed by atoms with Crippen LogP contribution in [0.4, 0.5) is 13.6 Å². The molecule has 24 heavy (non-hydrogen) atoms. The molecule has 1 unspecified atom stereocenters. The number of hydrogen-bond acceptors (Lipinski definition) is 3. The number of likely N-dealkylation sites (tertiary alicyclic amines) is 1. The third kappa shape index (κ3) is 4.02. The smallest absolute Gasteiger partial charge is 0.410 e. The molecule has 0 aromatic heterocycles. The molecule has 1 aromatic rings. The van der Waals surface area contributed by atoms with E-state index < -0.39 is 29.1 Å². The summed E-state index contributed by atoms with van der Waals surface area (Å²) < 4.78 is 33.2. The molecule has 0 bridgehead atoms. The van der Waals surface area contributed by atoms with Crippen LogP contribution in [0.25, 0.3) is 0 Å². The third-order valence-corrected chi connectivity index (χ3v) is 4.18. The minimum absolute atomic E-state index is 0.210. The van der Waals surface area contributed by atoms with Crippen LogP contribution >= 0.6 is 0 Å². The number of ether oxygens (including phenoxy) is 1. The van der Waals surface area contributed by atoms with Crippen molar-refractivity contribution in [3.8, 4) is 6.07 Å². The maximum absolute atomic E-state index is 14.9. The van der Waals surface area contributed by atoms with Crippen molar-refractivity contribution in [1.29, 1.82) is 5.26 Å². The predicted molar refractivity (Wildman–Crippen MR) is 85.3 cm³/mol. The molecular formula is C18H22F2N2O2. The molecule has 1 aliphatic heterocycles. The SMILES string of the molecule is CC(C)(C)OC(=O)N1CCC(C#N)(C(F)c2ccc(F)cc2)CC1. The van der Waals surface area contributed by atoms with Crippen molar-refractivity contribution in [3.05, 3.63) is 35.6 Å². The molecule has 6 heteroatoms. The summed E-state index contributed by atoms with van der Waals surface area (Å²) in [6.07, 6.45) is -1.56. The van der Waals surface area contributed by atoms with E-state index >= 15 is 0 Å². The number of amides is 1. The van der Waals surface area contributed by atoms with Crippen molar-refractivity contribution >= 4 is 6.09 Å². The van der Waals surface area contributed by atoms with E-state index in [2.05, 4.69) is 6.07 Å². The normalized spacial score (nSPS) is 18.6. The van der Waals surface area contributed by atoms with Crippen LogP contribution in [0.3, 0.4) is 0 Å². The van der Waals surface area contributed by atoms with Gasteiger partial charge < -0.3 is 9.64 Å². The molecular weight excluding hydrogens is 314 g/mol. The van der Waals surface area contributed by atoms with Gasteiger partial charge in [-0.1, -0.05) is 12.1 Å². The first-order valence-electron chi connectivity index (χ1n) is 7.96. The average Bonchev–Trinajstić information content (AvgIpc) is 2.53.